The van der Waals surface area contributed by atoms with E-state index in [-0.39, 0.29) is 17.9 Å². The van der Waals surface area contributed by atoms with E-state index < -0.39 is 0 Å². The number of anilines is 1. The Morgan fingerprint density at radius 2 is 1.65 bits per heavy atom. The van der Waals surface area contributed by atoms with Crippen LogP contribution in [0.15, 0.2) is 66.0 Å². The van der Waals surface area contributed by atoms with Crippen LogP contribution in [0.2, 0.25) is 0 Å². The number of hydrogen-bond acceptors (Lipinski definition) is 4. The number of benzene rings is 2. The fourth-order valence-corrected chi connectivity index (χ4v) is 3.68. The van der Waals surface area contributed by atoms with Crippen LogP contribution in [0.3, 0.4) is 0 Å². The minimum atomic E-state index is -0.0376. The number of nitrogens with two attached hydrogens (primary N) is 1. The van der Waals surface area contributed by atoms with Gasteiger partial charge < -0.3 is 11.1 Å². The van der Waals surface area contributed by atoms with Gasteiger partial charge in [0, 0.05) is 30.2 Å². The average Bonchev–Trinajstić information content (AvgIpc) is 3.07. The van der Waals surface area contributed by atoms with Crippen molar-refractivity contribution in [2.75, 3.05) is 5.32 Å². The molecule has 4 nitrogen and oxygen atoms in total. The highest BCUT2D eigenvalue weighted by Crippen LogP contribution is 2.28. The summed E-state index contributed by atoms with van der Waals surface area (Å²) in [6, 6.07) is 20.3. The third-order valence-corrected chi connectivity index (χ3v) is 4.93. The van der Waals surface area contributed by atoms with Crippen molar-refractivity contribution in [1.82, 2.24) is 4.98 Å². The molecule has 0 spiro atoms. The van der Waals surface area contributed by atoms with Crippen LogP contribution in [0.4, 0.5) is 5.13 Å². The smallest absolute Gasteiger partial charge is 0.227 e. The highest BCUT2D eigenvalue weighted by Gasteiger charge is 2.19. The van der Waals surface area contributed by atoms with Gasteiger partial charge in [0.2, 0.25) is 5.91 Å². The lowest BCUT2D eigenvalue weighted by molar-refractivity contribution is -0.116. The summed E-state index contributed by atoms with van der Waals surface area (Å²) in [5.41, 5.74) is 8.99. The second-order valence-electron chi connectivity index (χ2n) is 6.45. The topological polar surface area (TPSA) is 68.0 Å². The number of amides is 1. The molecule has 0 bridgehead atoms. The first kappa shape index (κ1) is 18.3. The number of carbonyl (C=O) groups is 1. The van der Waals surface area contributed by atoms with Crippen LogP contribution in [-0.2, 0) is 11.2 Å². The van der Waals surface area contributed by atoms with Crippen molar-refractivity contribution in [3.8, 4) is 0 Å². The lowest BCUT2D eigenvalue weighted by Gasteiger charge is -2.17. The van der Waals surface area contributed by atoms with Crippen molar-refractivity contribution in [2.45, 2.75) is 31.7 Å². The number of thiazole rings is 1. The van der Waals surface area contributed by atoms with Crippen molar-refractivity contribution in [1.29, 1.82) is 0 Å². The molecule has 5 heteroatoms. The van der Waals surface area contributed by atoms with Crippen LogP contribution in [0.5, 0.6) is 0 Å². The molecule has 1 heterocycles. The molecule has 2 aromatic carbocycles. The van der Waals surface area contributed by atoms with E-state index in [4.69, 9.17) is 5.73 Å². The summed E-state index contributed by atoms with van der Waals surface area (Å²) in [5, 5.41) is 5.51. The Hall–Kier alpha value is -2.50. The molecule has 1 aromatic heterocycles. The van der Waals surface area contributed by atoms with Gasteiger partial charge in [-0.1, -0.05) is 60.7 Å². The van der Waals surface area contributed by atoms with Gasteiger partial charge in [-0.2, -0.15) is 0 Å². The Morgan fingerprint density at radius 3 is 2.19 bits per heavy atom. The minimum Gasteiger partial charge on any atom is -0.328 e. The van der Waals surface area contributed by atoms with Gasteiger partial charge in [0.1, 0.15) is 0 Å². The lowest BCUT2D eigenvalue weighted by Crippen LogP contribution is -2.18. The summed E-state index contributed by atoms with van der Waals surface area (Å²) in [6.07, 6.45) is 1.08. The van der Waals surface area contributed by atoms with Gasteiger partial charge in [0.25, 0.3) is 0 Å². The van der Waals surface area contributed by atoms with Crippen molar-refractivity contribution in [3.05, 3.63) is 82.9 Å². The molecule has 1 atom stereocenters. The summed E-state index contributed by atoms with van der Waals surface area (Å²) in [7, 11) is 0. The maximum absolute atomic E-state index is 12.6. The second kappa shape index (κ2) is 8.74. The molecule has 0 aliphatic carbocycles. The normalized spacial score (nSPS) is 12.1. The molecule has 1 amide bonds. The highest BCUT2D eigenvalue weighted by atomic mass is 32.1. The highest BCUT2D eigenvalue weighted by molar-refractivity contribution is 7.13. The van der Waals surface area contributed by atoms with E-state index >= 15 is 0 Å². The molecule has 0 aliphatic rings. The molecule has 0 fully saturated rings. The molecule has 0 saturated carbocycles. The van der Waals surface area contributed by atoms with Gasteiger partial charge in [-0.15, -0.1) is 11.3 Å². The third kappa shape index (κ3) is 5.00. The van der Waals surface area contributed by atoms with Gasteiger partial charge in [0.05, 0.1) is 5.69 Å². The Morgan fingerprint density at radius 1 is 1.08 bits per heavy atom. The molecule has 0 radical (unpaired) electrons. The van der Waals surface area contributed by atoms with Crippen molar-refractivity contribution >= 4 is 22.4 Å². The van der Waals surface area contributed by atoms with Gasteiger partial charge in [-0.3, -0.25) is 4.79 Å². The van der Waals surface area contributed by atoms with Crippen molar-refractivity contribution < 1.29 is 4.79 Å². The molecule has 26 heavy (non-hydrogen) atoms. The third-order valence-electron chi connectivity index (χ3n) is 4.12. The van der Waals surface area contributed by atoms with E-state index in [9.17, 15) is 4.79 Å². The first-order valence-electron chi connectivity index (χ1n) is 8.71. The van der Waals surface area contributed by atoms with Gasteiger partial charge in [0.15, 0.2) is 5.13 Å². The number of aromatic nitrogens is 1. The van der Waals surface area contributed by atoms with E-state index in [0.29, 0.717) is 18.0 Å². The van der Waals surface area contributed by atoms with Crippen molar-refractivity contribution in [2.24, 2.45) is 5.73 Å². The van der Waals surface area contributed by atoms with Crippen LogP contribution in [0, 0.1) is 0 Å². The SMILES string of the molecule is CC(N)Cc1csc(NC(=O)CC(c2ccccc2)c2ccccc2)n1. The summed E-state index contributed by atoms with van der Waals surface area (Å²) in [6.45, 7) is 1.95. The zero-order valence-electron chi connectivity index (χ0n) is 14.8. The Bertz CT molecular complexity index is 791. The molecule has 3 rings (SSSR count). The largest absolute Gasteiger partial charge is 0.328 e. The summed E-state index contributed by atoms with van der Waals surface area (Å²) in [5.74, 6) is -0.0229. The van der Waals surface area contributed by atoms with Gasteiger partial charge >= 0.3 is 0 Å². The van der Waals surface area contributed by atoms with Crippen LogP contribution >= 0.6 is 11.3 Å². The summed E-state index contributed by atoms with van der Waals surface area (Å²) in [4.78, 5) is 17.1. The Labute approximate surface area is 158 Å². The van der Waals surface area contributed by atoms with E-state index in [1.807, 2.05) is 48.7 Å². The second-order valence-corrected chi connectivity index (χ2v) is 7.31. The molecule has 3 aromatic rings. The first-order chi connectivity index (χ1) is 12.6. The Balaban J connectivity index is 1.72. The van der Waals surface area contributed by atoms with E-state index in [1.165, 1.54) is 11.3 Å². The number of rotatable bonds is 7. The van der Waals surface area contributed by atoms with Crippen LogP contribution in [0.1, 0.15) is 36.1 Å². The molecular formula is C21H23N3OS. The fourth-order valence-electron chi connectivity index (χ4n) is 2.94. The van der Waals surface area contributed by atoms with Gasteiger partial charge in [-0.05, 0) is 18.1 Å². The van der Waals surface area contributed by atoms with Crippen LogP contribution in [0.25, 0.3) is 0 Å². The van der Waals surface area contributed by atoms with Crippen LogP contribution in [-0.4, -0.2) is 16.9 Å². The zero-order valence-corrected chi connectivity index (χ0v) is 15.6. The van der Waals surface area contributed by atoms with E-state index in [0.717, 1.165) is 16.8 Å². The predicted molar refractivity (Wildman–Crippen MR) is 107 cm³/mol. The molecule has 0 saturated heterocycles. The summed E-state index contributed by atoms with van der Waals surface area (Å²) < 4.78 is 0. The maximum Gasteiger partial charge on any atom is 0.227 e. The van der Waals surface area contributed by atoms with Crippen LogP contribution < -0.4 is 11.1 Å². The van der Waals surface area contributed by atoms with Gasteiger partial charge in [-0.25, -0.2) is 4.98 Å². The molecule has 134 valence electrons. The lowest BCUT2D eigenvalue weighted by atomic mass is 9.88. The predicted octanol–water partition coefficient (Wildman–Crippen LogP) is 4.19. The molecule has 0 aliphatic heterocycles. The number of hydrogen-bond donors (Lipinski definition) is 2. The quantitative estimate of drug-likeness (QED) is 0.659. The monoisotopic (exact) mass is 365 g/mol. The maximum atomic E-state index is 12.6. The number of carbonyl (C=O) groups excluding carboxylic acids is 1. The standard InChI is InChI=1S/C21H23N3OS/c1-15(22)12-18-14-26-21(23-18)24-20(25)13-19(16-8-4-2-5-9-16)17-10-6-3-7-11-17/h2-11,14-15,19H,12-13,22H2,1H3,(H,23,24,25). The minimum absolute atomic E-state index is 0.0147. The molecular weight excluding hydrogens is 342 g/mol. The zero-order chi connectivity index (χ0) is 18.4. The van der Waals surface area contributed by atoms with Crippen molar-refractivity contribution in [3.63, 3.8) is 0 Å². The fraction of sp³-hybridized carbons (Fsp3) is 0.238. The number of nitrogens with one attached hydrogen (secondary N) is 1. The Kier molecular flexibility index (Phi) is 6.15. The first-order valence-corrected chi connectivity index (χ1v) is 9.59. The summed E-state index contributed by atoms with van der Waals surface area (Å²) >= 11 is 1.44. The number of nitrogens with zero attached hydrogens (tertiary/aromatic N) is 1. The molecule has 3 N–H and O–H groups in total. The molecule has 1 unspecified atom stereocenters. The van der Waals surface area contributed by atoms with E-state index in [1.54, 1.807) is 0 Å². The average molecular weight is 366 g/mol. The van der Waals surface area contributed by atoms with E-state index in [2.05, 4.69) is 34.6 Å².